The molecule has 3 N–H and O–H groups in total. The van der Waals surface area contributed by atoms with Crippen molar-refractivity contribution in [2.75, 3.05) is 18.5 Å². The van der Waals surface area contributed by atoms with Gasteiger partial charge in [-0.15, -0.1) is 0 Å². The van der Waals surface area contributed by atoms with Gasteiger partial charge in [0.15, 0.2) is 0 Å². The van der Waals surface area contributed by atoms with Crippen molar-refractivity contribution in [3.05, 3.63) is 59.1 Å². The topological polar surface area (TPSA) is 79.2 Å². The Bertz CT molecular complexity index is 861. The zero-order chi connectivity index (χ0) is 17.6. The number of aromatic nitrogens is 2. The Balaban J connectivity index is 1.72. The molecule has 0 bridgehead atoms. The molecule has 0 radical (unpaired) electrons. The number of rotatable bonds is 7. The minimum atomic E-state index is -0.120. The summed E-state index contributed by atoms with van der Waals surface area (Å²) in [7, 11) is 0. The van der Waals surface area contributed by atoms with E-state index in [2.05, 4.69) is 15.6 Å². The predicted molar refractivity (Wildman–Crippen MR) is 98.6 cm³/mol. The van der Waals surface area contributed by atoms with Crippen LogP contribution in [0.25, 0.3) is 11.0 Å². The summed E-state index contributed by atoms with van der Waals surface area (Å²) in [5.41, 5.74) is 2.64. The number of halogens is 1. The fraction of sp³-hybridized carbons (Fsp3) is 0.222. The minimum absolute atomic E-state index is 0.00797. The lowest BCUT2D eigenvalue weighted by molar-refractivity contribution is -0.121. The Labute approximate surface area is 150 Å². The van der Waals surface area contributed by atoms with Gasteiger partial charge in [0.25, 0.3) is 0 Å². The van der Waals surface area contributed by atoms with Crippen molar-refractivity contribution in [1.29, 1.82) is 0 Å². The average molecular weight is 359 g/mol. The van der Waals surface area contributed by atoms with Gasteiger partial charge in [0.05, 0.1) is 17.6 Å². The fourth-order valence-corrected chi connectivity index (χ4v) is 2.67. The lowest BCUT2D eigenvalue weighted by atomic mass is 10.2. The second-order valence-electron chi connectivity index (χ2n) is 5.56. The highest BCUT2D eigenvalue weighted by atomic mass is 35.5. The summed E-state index contributed by atoms with van der Waals surface area (Å²) in [6.45, 7) is 0.936. The highest BCUT2D eigenvalue weighted by Crippen LogP contribution is 2.19. The van der Waals surface area contributed by atoms with E-state index in [4.69, 9.17) is 16.7 Å². The van der Waals surface area contributed by atoms with Gasteiger partial charge in [-0.2, -0.15) is 0 Å². The maximum atomic E-state index is 12.4. The maximum absolute atomic E-state index is 12.4. The summed E-state index contributed by atoms with van der Waals surface area (Å²) >= 11 is 5.86. The van der Waals surface area contributed by atoms with Gasteiger partial charge < -0.3 is 20.3 Å². The zero-order valence-corrected chi connectivity index (χ0v) is 14.3. The van der Waals surface area contributed by atoms with Gasteiger partial charge in [0, 0.05) is 18.1 Å². The number of hydrogen-bond donors (Lipinski definition) is 3. The van der Waals surface area contributed by atoms with E-state index in [0.717, 1.165) is 16.6 Å². The molecule has 130 valence electrons. The van der Waals surface area contributed by atoms with Crippen LogP contribution in [0.1, 0.15) is 5.56 Å². The second-order valence-corrected chi connectivity index (χ2v) is 6.00. The molecule has 1 amide bonds. The molecular formula is C18H19ClN4O2. The van der Waals surface area contributed by atoms with Crippen LogP contribution in [0.4, 0.5) is 5.95 Å². The van der Waals surface area contributed by atoms with Crippen molar-refractivity contribution in [1.82, 2.24) is 14.9 Å². The highest BCUT2D eigenvalue weighted by molar-refractivity contribution is 6.30. The average Bonchev–Trinajstić information content (AvgIpc) is 2.97. The van der Waals surface area contributed by atoms with Crippen LogP contribution in [0.3, 0.4) is 0 Å². The number of imidazole rings is 1. The number of para-hydroxylation sites is 2. The quantitative estimate of drug-likeness (QED) is 0.606. The van der Waals surface area contributed by atoms with Gasteiger partial charge >= 0.3 is 0 Å². The summed E-state index contributed by atoms with van der Waals surface area (Å²) in [5, 5.41) is 15.6. The van der Waals surface area contributed by atoms with Gasteiger partial charge in [-0.05, 0) is 29.8 Å². The minimum Gasteiger partial charge on any atom is -0.395 e. The number of anilines is 1. The molecule has 0 saturated carbocycles. The number of nitrogens with one attached hydrogen (secondary N) is 2. The molecule has 1 heterocycles. The summed E-state index contributed by atoms with van der Waals surface area (Å²) in [5.74, 6) is 0.446. The van der Waals surface area contributed by atoms with Crippen molar-refractivity contribution in [3.8, 4) is 0 Å². The molecule has 2 aromatic carbocycles. The standard InChI is InChI=1S/C18H19ClN4O2/c19-14-7-5-13(6-8-14)11-21-17(25)12-23-16-4-2-1-3-15(16)22-18(23)20-9-10-24/h1-8,24H,9-12H2,(H,20,22)(H,21,25). The van der Waals surface area contributed by atoms with E-state index in [1.165, 1.54) is 0 Å². The van der Waals surface area contributed by atoms with Gasteiger partial charge in [0.1, 0.15) is 6.54 Å². The number of amides is 1. The molecule has 0 aliphatic carbocycles. The SMILES string of the molecule is O=C(Cn1c(NCCO)nc2ccccc21)NCc1ccc(Cl)cc1. The van der Waals surface area contributed by atoms with E-state index in [1.807, 2.05) is 41.0 Å². The smallest absolute Gasteiger partial charge is 0.240 e. The first-order valence-electron chi connectivity index (χ1n) is 7.98. The lowest BCUT2D eigenvalue weighted by Gasteiger charge is -2.11. The third-order valence-electron chi connectivity index (χ3n) is 3.75. The number of benzene rings is 2. The van der Waals surface area contributed by atoms with E-state index < -0.39 is 0 Å². The highest BCUT2D eigenvalue weighted by Gasteiger charge is 2.13. The number of aliphatic hydroxyl groups excluding tert-OH is 1. The van der Waals surface area contributed by atoms with Crippen LogP contribution in [0.15, 0.2) is 48.5 Å². The first-order valence-corrected chi connectivity index (χ1v) is 8.36. The van der Waals surface area contributed by atoms with Crippen LogP contribution in [0.2, 0.25) is 5.02 Å². The van der Waals surface area contributed by atoms with Crippen molar-refractivity contribution < 1.29 is 9.90 Å². The zero-order valence-electron chi connectivity index (χ0n) is 13.6. The van der Waals surface area contributed by atoms with Crippen LogP contribution in [0, 0.1) is 0 Å². The fourth-order valence-electron chi connectivity index (χ4n) is 2.54. The van der Waals surface area contributed by atoms with Crippen LogP contribution >= 0.6 is 11.6 Å². The molecule has 3 rings (SSSR count). The van der Waals surface area contributed by atoms with Crippen molar-refractivity contribution in [2.24, 2.45) is 0 Å². The molecule has 1 aromatic heterocycles. The third-order valence-corrected chi connectivity index (χ3v) is 4.01. The predicted octanol–water partition coefficient (Wildman–Crippen LogP) is 2.41. The van der Waals surface area contributed by atoms with E-state index in [-0.39, 0.29) is 19.1 Å². The lowest BCUT2D eigenvalue weighted by Crippen LogP contribution is -2.27. The Morgan fingerprint density at radius 1 is 1.16 bits per heavy atom. The van der Waals surface area contributed by atoms with Gasteiger partial charge in [0.2, 0.25) is 11.9 Å². The molecule has 0 aliphatic heterocycles. The third kappa shape index (κ3) is 4.29. The molecule has 7 heteroatoms. The Kier molecular flexibility index (Phi) is 5.53. The molecule has 0 unspecified atom stereocenters. The van der Waals surface area contributed by atoms with Gasteiger partial charge in [-0.25, -0.2) is 4.98 Å². The van der Waals surface area contributed by atoms with Crippen molar-refractivity contribution in [2.45, 2.75) is 13.1 Å². The van der Waals surface area contributed by atoms with E-state index in [9.17, 15) is 4.79 Å². The van der Waals surface area contributed by atoms with E-state index >= 15 is 0 Å². The molecule has 3 aromatic rings. The van der Waals surface area contributed by atoms with Crippen LogP contribution in [-0.2, 0) is 17.9 Å². The largest absolute Gasteiger partial charge is 0.395 e. The number of carbonyl (C=O) groups is 1. The number of nitrogens with zero attached hydrogens (tertiary/aromatic N) is 2. The molecule has 0 aliphatic rings. The number of carbonyl (C=O) groups excluding carboxylic acids is 1. The number of hydrogen-bond acceptors (Lipinski definition) is 4. The van der Waals surface area contributed by atoms with Gasteiger partial charge in [-0.1, -0.05) is 35.9 Å². The number of fused-ring (bicyclic) bond motifs is 1. The Hall–Kier alpha value is -2.57. The molecular weight excluding hydrogens is 340 g/mol. The van der Waals surface area contributed by atoms with Crippen LogP contribution < -0.4 is 10.6 Å². The van der Waals surface area contributed by atoms with E-state index in [0.29, 0.717) is 24.1 Å². The van der Waals surface area contributed by atoms with Crippen molar-refractivity contribution in [3.63, 3.8) is 0 Å². The first-order chi connectivity index (χ1) is 12.2. The second kappa shape index (κ2) is 8.00. The maximum Gasteiger partial charge on any atom is 0.240 e. The molecule has 25 heavy (non-hydrogen) atoms. The van der Waals surface area contributed by atoms with E-state index in [1.54, 1.807) is 12.1 Å². The van der Waals surface area contributed by atoms with Crippen LogP contribution in [0.5, 0.6) is 0 Å². The monoisotopic (exact) mass is 358 g/mol. The van der Waals surface area contributed by atoms with Crippen molar-refractivity contribution >= 4 is 34.5 Å². The summed E-state index contributed by atoms with van der Waals surface area (Å²) in [6, 6.07) is 15.0. The normalized spacial score (nSPS) is 10.8. The Morgan fingerprint density at radius 2 is 1.92 bits per heavy atom. The summed E-state index contributed by atoms with van der Waals surface area (Å²) in [6.07, 6.45) is 0. The molecule has 6 nitrogen and oxygen atoms in total. The summed E-state index contributed by atoms with van der Waals surface area (Å²) < 4.78 is 1.81. The van der Waals surface area contributed by atoms with Gasteiger partial charge in [-0.3, -0.25) is 4.79 Å². The molecule has 0 atom stereocenters. The first kappa shape index (κ1) is 17.3. The molecule has 0 saturated heterocycles. The summed E-state index contributed by atoms with van der Waals surface area (Å²) in [4.78, 5) is 16.8. The Morgan fingerprint density at radius 3 is 2.68 bits per heavy atom. The molecule has 0 fully saturated rings. The molecule has 0 spiro atoms. The number of aliphatic hydroxyl groups is 1. The van der Waals surface area contributed by atoms with Crippen LogP contribution in [-0.4, -0.2) is 33.7 Å².